The van der Waals surface area contributed by atoms with Crippen LogP contribution < -0.4 is 0 Å². The van der Waals surface area contributed by atoms with Gasteiger partial charge in [0.2, 0.25) is 0 Å². The Bertz CT molecular complexity index is 3290. The molecule has 3 aromatic heterocycles. The zero-order valence-corrected chi connectivity index (χ0v) is 33.8. The fraction of sp³-hybridized carbons (Fsp3) is 0.0714. The zero-order valence-electron chi connectivity index (χ0n) is 33.8. The van der Waals surface area contributed by atoms with Crippen LogP contribution in [-0.4, -0.2) is 19.1 Å². The molecule has 4 heteroatoms. The van der Waals surface area contributed by atoms with E-state index in [0.29, 0.717) is 5.82 Å². The summed E-state index contributed by atoms with van der Waals surface area (Å²) >= 11 is 0. The molecule has 0 unspecified atom stereocenters. The summed E-state index contributed by atoms with van der Waals surface area (Å²) in [6, 6.07) is 71.7. The number of hydrogen-bond donors (Lipinski definition) is 0. The third-order valence-corrected chi connectivity index (χ3v) is 11.9. The maximum absolute atomic E-state index is 5.44. The van der Waals surface area contributed by atoms with Gasteiger partial charge in [-0.25, -0.2) is 9.97 Å². The van der Waals surface area contributed by atoms with Gasteiger partial charge in [0.1, 0.15) is 0 Å². The lowest BCUT2D eigenvalue weighted by atomic mass is 9.86. The Morgan fingerprint density at radius 1 is 0.367 bits per heavy atom. The molecule has 0 saturated carbocycles. The van der Waals surface area contributed by atoms with Gasteiger partial charge in [0.15, 0.2) is 5.82 Å². The molecule has 0 spiro atoms. The summed E-state index contributed by atoms with van der Waals surface area (Å²) in [4.78, 5) is 10.9. The van der Waals surface area contributed by atoms with Crippen molar-refractivity contribution in [2.24, 2.45) is 0 Å². The van der Waals surface area contributed by atoms with E-state index in [1.165, 1.54) is 27.1 Å². The molecule has 0 fully saturated rings. The van der Waals surface area contributed by atoms with E-state index in [1.807, 2.05) is 12.1 Å². The van der Waals surface area contributed by atoms with Gasteiger partial charge >= 0.3 is 0 Å². The molecule has 3 heterocycles. The van der Waals surface area contributed by atoms with E-state index in [0.717, 1.165) is 72.6 Å². The van der Waals surface area contributed by atoms with Gasteiger partial charge in [-0.05, 0) is 59.5 Å². The minimum absolute atomic E-state index is 0.00128. The monoisotopic (exact) mass is 770 g/mol. The summed E-state index contributed by atoms with van der Waals surface area (Å²) in [5, 5.41) is 4.90. The maximum Gasteiger partial charge on any atom is 0.161 e. The largest absolute Gasteiger partial charge is 0.309 e. The molecular formula is C56H42N4. The van der Waals surface area contributed by atoms with Crippen molar-refractivity contribution in [2.45, 2.75) is 26.2 Å². The first-order valence-electron chi connectivity index (χ1n) is 20.7. The van der Waals surface area contributed by atoms with E-state index in [9.17, 15) is 0 Å². The topological polar surface area (TPSA) is 35.6 Å². The Morgan fingerprint density at radius 3 is 1.40 bits per heavy atom. The van der Waals surface area contributed by atoms with Gasteiger partial charge < -0.3 is 9.13 Å². The lowest BCUT2D eigenvalue weighted by molar-refractivity contribution is 0.591. The molecule has 8 aromatic carbocycles. The molecule has 11 rings (SSSR count). The predicted octanol–water partition coefficient (Wildman–Crippen LogP) is 14.6. The molecule has 0 aliphatic heterocycles. The minimum atomic E-state index is 0.00128. The summed E-state index contributed by atoms with van der Waals surface area (Å²) in [6.07, 6.45) is 0. The number of hydrogen-bond acceptors (Lipinski definition) is 2. The highest BCUT2D eigenvalue weighted by molar-refractivity contribution is 6.12. The Labute approximate surface area is 349 Å². The van der Waals surface area contributed by atoms with Gasteiger partial charge in [-0.15, -0.1) is 0 Å². The lowest BCUT2D eigenvalue weighted by Crippen LogP contribution is -2.10. The summed E-state index contributed by atoms with van der Waals surface area (Å²) < 4.78 is 4.89. The highest BCUT2D eigenvalue weighted by atomic mass is 15.0. The van der Waals surface area contributed by atoms with E-state index in [2.05, 4.69) is 218 Å². The molecule has 0 N–H and O–H groups in total. The first-order chi connectivity index (χ1) is 29.4. The number of fused-ring (bicyclic) bond motifs is 6. The highest BCUT2D eigenvalue weighted by Crippen LogP contribution is 2.45. The SMILES string of the molecule is CC(C)(C)c1ccc2c(c1)c1ccccc1n2-c1cccc(-c2nc(-c3ccccc3)cc(-c3ccccc3)n2)c1-c1ccccc1-n1c2ccccc2c2ccccc21. The van der Waals surface area contributed by atoms with Gasteiger partial charge in [0.25, 0.3) is 0 Å². The van der Waals surface area contributed by atoms with Crippen LogP contribution in [0.25, 0.3) is 100 Å². The third-order valence-electron chi connectivity index (χ3n) is 11.9. The van der Waals surface area contributed by atoms with Crippen LogP contribution in [0.5, 0.6) is 0 Å². The van der Waals surface area contributed by atoms with Crippen LogP contribution in [-0.2, 0) is 5.41 Å². The second kappa shape index (κ2) is 14.1. The Kier molecular flexibility index (Phi) is 8.35. The Morgan fingerprint density at radius 2 is 0.817 bits per heavy atom. The zero-order chi connectivity index (χ0) is 40.4. The van der Waals surface area contributed by atoms with Crippen LogP contribution in [0.3, 0.4) is 0 Å². The fourth-order valence-corrected chi connectivity index (χ4v) is 9.04. The molecule has 0 amide bonds. The van der Waals surface area contributed by atoms with Crippen LogP contribution >= 0.6 is 0 Å². The van der Waals surface area contributed by atoms with E-state index in [-0.39, 0.29) is 5.41 Å². The summed E-state index contributed by atoms with van der Waals surface area (Å²) in [6.45, 7) is 6.86. The Hall–Kier alpha value is -7.56. The minimum Gasteiger partial charge on any atom is -0.309 e. The number of nitrogens with zero attached hydrogens (tertiary/aromatic N) is 4. The van der Waals surface area contributed by atoms with E-state index in [4.69, 9.17) is 9.97 Å². The van der Waals surface area contributed by atoms with Crippen LogP contribution in [0.15, 0.2) is 200 Å². The van der Waals surface area contributed by atoms with Crippen molar-refractivity contribution in [3.05, 3.63) is 206 Å². The van der Waals surface area contributed by atoms with Crippen molar-refractivity contribution in [2.75, 3.05) is 0 Å². The first kappa shape index (κ1) is 35.6. The highest BCUT2D eigenvalue weighted by Gasteiger charge is 2.25. The average molecular weight is 771 g/mol. The van der Waals surface area contributed by atoms with Crippen LogP contribution in [0.4, 0.5) is 0 Å². The molecule has 0 saturated heterocycles. The van der Waals surface area contributed by atoms with Crippen molar-refractivity contribution in [1.29, 1.82) is 0 Å². The molecule has 0 radical (unpaired) electrons. The normalized spacial score (nSPS) is 11.9. The molecule has 0 atom stereocenters. The number of para-hydroxylation sites is 4. The standard InChI is InChI=1S/C56H42N4/c1-56(2,3)39-33-34-52-45(35-39)42-25-12-16-30-50(42)60(52)53-32-18-27-44(55-57-46(37-19-6-4-7-20-37)36-47(58-55)38-21-8-5-9-22-38)54(53)43-26-13-17-31-51(43)59-48-28-14-10-23-40(48)41-24-11-15-29-49(41)59/h4-36H,1-3H3. The van der Waals surface area contributed by atoms with Gasteiger partial charge in [-0.3, -0.25) is 0 Å². The second-order valence-corrected chi connectivity index (χ2v) is 16.6. The molecule has 0 bridgehead atoms. The molecule has 11 aromatic rings. The molecule has 60 heavy (non-hydrogen) atoms. The number of benzene rings is 8. The van der Waals surface area contributed by atoms with Gasteiger partial charge in [0.05, 0.1) is 44.8 Å². The first-order valence-corrected chi connectivity index (χ1v) is 20.7. The van der Waals surface area contributed by atoms with Crippen molar-refractivity contribution < 1.29 is 0 Å². The third kappa shape index (κ3) is 5.83. The summed E-state index contributed by atoms with van der Waals surface area (Å²) in [5.41, 5.74) is 15.0. The molecule has 286 valence electrons. The van der Waals surface area contributed by atoms with Gasteiger partial charge in [-0.2, -0.15) is 0 Å². The van der Waals surface area contributed by atoms with Crippen LogP contribution in [0.1, 0.15) is 26.3 Å². The molecular weight excluding hydrogens is 729 g/mol. The van der Waals surface area contributed by atoms with Gasteiger partial charge in [0, 0.05) is 49.4 Å². The van der Waals surface area contributed by atoms with E-state index in [1.54, 1.807) is 0 Å². The van der Waals surface area contributed by atoms with Crippen molar-refractivity contribution in [3.8, 4) is 56.4 Å². The average Bonchev–Trinajstić information content (AvgIpc) is 3.81. The Balaban J connectivity index is 1.28. The smallest absolute Gasteiger partial charge is 0.161 e. The molecule has 4 nitrogen and oxygen atoms in total. The summed E-state index contributed by atoms with van der Waals surface area (Å²) in [7, 11) is 0. The number of aromatic nitrogens is 4. The molecule has 0 aliphatic rings. The lowest BCUT2D eigenvalue weighted by Gasteiger charge is -2.22. The summed E-state index contributed by atoms with van der Waals surface area (Å²) in [5.74, 6) is 0.667. The maximum atomic E-state index is 5.44. The fourth-order valence-electron chi connectivity index (χ4n) is 9.04. The van der Waals surface area contributed by atoms with Crippen LogP contribution in [0.2, 0.25) is 0 Å². The quantitative estimate of drug-likeness (QED) is 0.169. The predicted molar refractivity (Wildman–Crippen MR) is 251 cm³/mol. The van der Waals surface area contributed by atoms with Crippen molar-refractivity contribution >= 4 is 43.6 Å². The van der Waals surface area contributed by atoms with Crippen molar-refractivity contribution in [3.63, 3.8) is 0 Å². The van der Waals surface area contributed by atoms with Crippen molar-refractivity contribution in [1.82, 2.24) is 19.1 Å². The van der Waals surface area contributed by atoms with Crippen LogP contribution in [0, 0.1) is 0 Å². The van der Waals surface area contributed by atoms with Gasteiger partial charge in [-0.1, -0.05) is 172 Å². The molecule has 0 aliphatic carbocycles. The number of rotatable bonds is 6. The second-order valence-electron chi connectivity index (χ2n) is 16.6. The van der Waals surface area contributed by atoms with E-state index >= 15 is 0 Å². The van der Waals surface area contributed by atoms with E-state index < -0.39 is 0 Å².